The number of anilines is 1. The number of ether oxygens (including phenoxy) is 1. The zero-order valence-electron chi connectivity index (χ0n) is 10.8. The smallest absolute Gasteiger partial charge is 0.414 e. The Labute approximate surface area is 114 Å². The highest BCUT2D eigenvalue weighted by molar-refractivity contribution is 6.07. The lowest BCUT2D eigenvalue weighted by Crippen LogP contribution is -2.40. The van der Waals surface area contributed by atoms with Crippen LogP contribution in [0.4, 0.5) is 15.3 Å². The summed E-state index contributed by atoms with van der Waals surface area (Å²) < 4.78 is 4.89. The quantitative estimate of drug-likeness (QED) is 0.778. The van der Waals surface area contributed by atoms with Crippen molar-refractivity contribution in [2.24, 2.45) is 0 Å². The maximum Gasteiger partial charge on any atom is 0.414 e. The number of carbonyl (C=O) groups excluding carboxylic acids is 3. The maximum atomic E-state index is 11.9. The number of benzene rings is 1. The van der Waals surface area contributed by atoms with Gasteiger partial charge in [0.05, 0.1) is 6.54 Å². The molecule has 4 amide bonds. The van der Waals surface area contributed by atoms with E-state index >= 15 is 0 Å². The number of nitrogens with one attached hydrogen (secondary N) is 2. The van der Waals surface area contributed by atoms with Crippen LogP contribution < -0.4 is 15.5 Å². The van der Waals surface area contributed by atoms with Crippen molar-refractivity contribution in [1.29, 1.82) is 0 Å². The molecule has 2 heterocycles. The number of hydrogen-bond acceptors (Lipinski definition) is 4. The van der Waals surface area contributed by atoms with Gasteiger partial charge in [-0.1, -0.05) is 12.1 Å². The average Bonchev–Trinajstić information content (AvgIpc) is 2.95. The Bertz CT molecular complexity index is 615. The molecular formula is C13H13N3O4. The number of cyclic esters (lactones) is 1. The number of imide groups is 1. The SMILES string of the molecule is C[C@@]1(c2cccc(N3CCOC3=O)c2)NC(=O)NC1=O. The number of urea groups is 1. The van der Waals surface area contributed by atoms with Gasteiger partial charge < -0.3 is 10.1 Å². The zero-order valence-corrected chi connectivity index (χ0v) is 10.8. The van der Waals surface area contributed by atoms with Crippen LogP contribution in [0.5, 0.6) is 0 Å². The van der Waals surface area contributed by atoms with Crippen LogP contribution in [0.3, 0.4) is 0 Å². The minimum Gasteiger partial charge on any atom is -0.447 e. The van der Waals surface area contributed by atoms with Crippen molar-refractivity contribution in [3.8, 4) is 0 Å². The molecule has 0 bridgehead atoms. The molecule has 1 atom stereocenters. The van der Waals surface area contributed by atoms with Crippen LogP contribution in [-0.2, 0) is 15.1 Å². The van der Waals surface area contributed by atoms with Crippen molar-refractivity contribution in [2.75, 3.05) is 18.1 Å². The van der Waals surface area contributed by atoms with Crippen molar-refractivity contribution >= 4 is 23.7 Å². The third kappa shape index (κ3) is 1.78. The van der Waals surface area contributed by atoms with Gasteiger partial charge in [-0.25, -0.2) is 9.59 Å². The Kier molecular flexibility index (Phi) is 2.63. The first-order chi connectivity index (χ1) is 9.50. The predicted molar refractivity (Wildman–Crippen MR) is 69.2 cm³/mol. The summed E-state index contributed by atoms with van der Waals surface area (Å²) in [5.74, 6) is -0.413. The molecule has 2 aliphatic heterocycles. The number of nitrogens with zero attached hydrogens (tertiary/aromatic N) is 1. The summed E-state index contributed by atoms with van der Waals surface area (Å²) in [4.78, 5) is 36.3. The molecule has 2 saturated heterocycles. The molecule has 2 aliphatic rings. The zero-order chi connectivity index (χ0) is 14.3. The molecule has 0 saturated carbocycles. The maximum absolute atomic E-state index is 11.9. The number of carbonyl (C=O) groups is 3. The molecule has 0 radical (unpaired) electrons. The Hall–Kier alpha value is -2.57. The van der Waals surface area contributed by atoms with E-state index in [4.69, 9.17) is 4.74 Å². The molecule has 7 heteroatoms. The fourth-order valence-corrected chi connectivity index (χ4v) is 2.36. The summed E-state index contributed by atoms with van der Waals surface area (Å²) in [6.45, 7) is 2.43. The van der Waals surface area contributed by atoms with Crippen LogP contribution >= 0.6 is 0 Å². The van der Waals surface area contributed by atoms with Gasteiger partial charge >= 0.3 is 12.1 Å². The van der Waals surface area contributed by atoms with Crippen LogP contribution in [0.1, 0.15) is 12.5 Å². The number of rotatable bonds is 2. The number of amides is 4. The van der Waals surface area contributed by atoms with Crippen molar-refractivity contribution in [1.82, 2.24) is 10.6 Å². The Balaban J connectivity index is 1.97. The van der Waals surface area contributed by atoms with Gasteiger partial charge in [0, 0.05) is 5.69 Å². The van der Waals surface area contributed by atoms with Gasteiger partial charge in [0.25, 0.3) is 5.91 Å². The van der Waals surface area contributed by atoms with E-state index < -0.39 is 23.6 Å². The highest BCUT2D eigenvalue weighted by atomic mass is 16.6. The Morgan fingerprint density at radius 2 is 2.10 bits per heavy atom. The first kappa shape index (κ1) is 12.5. The molecule has 1 aromatic rings. The Morgan fingerprint density at radius 3 is 2.70 bits per heavy atom. The lowest BCUT2D eigenvalue weighted by atomic mass is 9.92. The second-order valence-electron chi connectivity index (χ2n) is 4.85. The third-order valence-corrected chi connectivity index (χ3v) is 3.54. The fourth-order valence-electron chi connectivity index (χ4n) is 2.36. The largest absolute Gasteiger partial charge is 0.447 e. The predicted octanol–water partition coefficient (Wildman–Crippen LogP) is 0.698. The van der Waals surface area contributed by atoms with Gasteiger partial charge in [-0.3, -0.25) is 15.0 Å². The molecule has 7 nitrogen and oxygen atoms in total. The van der Waals surface area contributed by atoms with E-state index in [1.165, 1.54) is 4.90 Å². The highest BCUT2D eigenvalue weighted by Crippen LogP contribution is 2.28. The molecule has 2 fully saturated rings. The second-order valence-corrected chi connectivity index (χ2v) is 4.85. The fraction of sp³-hybridized carbons (Fsp3) is 0.308. The second kappa shape index (κ2) is 4.22. The highest BCUT2D eigenvalue weighted by Gasteiger charge is 2.43. The van der Waals surface area contributed by atoms with E-state index in [0.29, 0.717) is 24.4 Å². The van der Waals surface area contributed by atoms with Crippen molar-refractivity contribution in [3.05, 3.63) is 29.8 Å². The van der Waals surface area contributed by atoms with E-state index in [1.54, 1.807) is 31.2 Å². The average molecular weight is 275 g/mol. The minimum atomic E-state index is -1.13. The van der Waals surface area contributed by atoms with E-state index in [1.807, 2.05) is 0 Å². The summed E-state index contributed by atoms with van der Waals surface area (Å²) in [7, 11) is 0. The summed E-state index contributed by atoms with van der Waals surface area (Å²) in [6.07, 6.45) is -0.410. The van der Waals surface area contributed by atoms with Crippen LogP contribution in [0.2, 0.25) is 0 Å². The van der Waals surface area contributed by atoms with E-state index in [0.717, 1.165) is 0 Å². The molecule has 0 unspecified atom stereocenters. The van der Waals surface area contributed by atoms with Crippen molar-refractivity contribution in [3.63, 3.8) is 0 Å². The van der Waals surface area contributed by atoms with Gasteiger partial charge in [-0.2, -0.15) is 0 Å². The van der Waals surface area contributed by atoms with Gasteiger partial charge in [0.1, 0.15) is 12.1 Å². The van der Waals surface area contributed by atoms with E-state index in [-0.39, 0.29) is 0 Å². The van der Waals surface area contributed by atoms with Crippen LogP contribution in [0, 0.1) is 0 Å². The van der Waals surface area contributed by atoms with Crippen LogP contribution in [0.25, 0.3) is 0 Å². The van der Waals surface area contributed by atoms with Crippen molar-refractivity contribution in [2.45, 2.75) is 12.5 Å². The molecule has 3 rings (SSSR count). The van der Waals surface area contributed by atoms with Crippen LogP contribution in [-0.4, -0.2) is 31.2 Å². The lowest BCUT2D eigenvalue weighted by molar-refractivity contribution is -0.123. The molecule has 20 heavy (non-hydrogen) atoms. The summed E-state index contributed by atoms with van der Waals surface area (Å²) in [6, 6.07) is 6.41. The molecular weight excluding hydrogens is 262 g/mol. The standard InChI is InChI=1S/C13H13N3O4/c1-13(10(17)14-11(18)15-13)8-3-2-4-9(7-8)16-5-6-20-12(16)19/h2-4,7H,5-6H2,1H3,(H2,14,15,17,18)/t13-/m0/s1. The first-order valence-electron chi connectivity index (χ1n) is 6.19. The van der Waals surface area contributed by atoms with Gasteiger partial charge in [0.15, 0.2) is 0 Å². The monoisotopic (exact) mass is 275 g/mol. The molecule has 104 valence electrons. The molecule has 2 N–H and O–H groups in total. The van der Waals surface area contributed by atoms with Crippen molar-refractivity contribution < 1.29 is 19.1 Å². The lowest BCUT2D eigenvalue weighted by Gasteiger charge is -2.23. The Morgan fingerprint density at radius 1 is 1.30 bits per heavy atom. The van der Waals surface area contributed by atoms with Crippen LogP contribution in [0.15, 0.2) is 24.3 Å². The molecule has 0 aliphatic carbocycles. The van der Waals surface area contributed by atoms with Gasteiger partial charge in [-0.05, 0) is 24.6 Å². The summed E-state index contributed by atoms with van der Waals surface area (Å²) in [5.41, 5.74) is 0.120. The van der Waals surface area contributed by atoms with Gasteiger partial charge in [0.2, 0.25) is 0 Å². The minimum absolute atomic E-state index is 0.345. The van der Waals surface area contributed by atoms with Gasteiger partial charge in [-0.15, -0.1) is 0 Å². The normalized spacial score (nSPS) is 25.4. The number of hydrogen-bond donors (Lipinski definition) is 2. The molecule has 0 aromatic heterocycles. The summed E-state index contributed by atoms with van der Waals surface area (Å²) >= 11 is 0. The topological polar surface area (TPSA) is 87.7 Å². The first-order valence-corrected chi connectivity index (χ1v) is 6.19. The summed E-state index contributed by atoms with van der Waals surface area (Å²) in [5, 5.41) is 4.80. The third-order valence-electron chi connectivity index (χ3n) is 3.54. The molecule has 1 aromatic carbocycles. The van der Waals surface area contributed by atoms with E-state index in [2.05, 4.69) is 10.6 Å². The van der Waals surface area contributed by atoms with E-state index in [9.17, 15) is 14.4 Å². The molecule has 0 spiro atoms.